The van der Waals surface area contributed by atoms with Crippen LogP contribution in [0.4, 0.5) is 5.82 Å². The van der Waals surface area contributed by atoms with Crippen molar-refractivity contribution >= 4 is 11.7 Å². The van der Waals surface area contributed by atoms with Crippen molar-refractivity contribution in [2.75, 3.05) is 5.32 Å². The molecule has 1 aromatic carbocycles. The summed E-state index contributed by atoms with van der Waals surface area (Å²) in [5.74, 6) is -1.02. The summed E-state index contributed by atoms with van der Waals surface area (Å²) >= 11 is 0. The summed E-state index contributed by atoms with van der Waals surface area (Å²) in [6.07, 6.45) is 1.54. The van der Waals surface area contributed by atoms with Crippen molar-refractivity contribution in [3.63, 3.8) is 0 Å². The molecule has 0 saturated heterocycles. The minimum absolute atomic E-state index is 0.00367. The van der Waals surface area contributed by atoms with E-state index in [-0.39, 0.29) is 11.8 Å². The van der Waals surface area contributed by atoms with Crippen LogP contribution in [0.3, 0.4) is 0 Å². The lowest BCUT2D eigenvalue weighted by molar-refractivity contribution is -0.509. The van der Waals surface area contributed by atoms with E-state index in [0.29, 0.717) is 16.9 Å². The highest BCUT2D eigenvalue weighted by molar-refractivity contribution is 5.97. The molecule has 120 valence electrons. The second-order valence-electron chi connectivity index (χ2n) is 5.78. The zero-order valence-corrected chi connectivity index (χ0v) is 12.6. The molecule has 0 aliphatic carbocycles. The molecule has 3 rings (SSSR count). The lowest BCUT2D eigenvalue weighted by Gasteiger charge is -2.27. The van der Waals surface area contributed by atoms with Crippen LogP contribution >= 0.6 is 0 Å². The fourth-order valence-electron chi connectivity index (χ4n) is 2.93. The zero-order valence-electron chi connectivity index (χ0n) is 12.6. The number of nitrogens with zero attached hydrogens (tertiary/aromatic N) is 3. The first kappa shape index (κ1) is 15.0. The van der Waals surface area contributed by atoms with Gasteiger partial charge in [0.2, 0.25) is 0 Å². The highest BCUT2D eigenvalue weighted by atomic mass is 16.6. The molecule has 1 amide bonds. The summed E-state index contributed by atoms with van der Waals surface area (Å²) in [5, 5.41) is 28.0. The molecule has 8 nitrogen and oxygen atoms in total. The van der Waals surface area contributed by atoms with Crippen LogP contribution in [0.1, 0.15) is 36.9 Å². The van der Waals surface area contributed by atoms with E-state index in [2.05, 4.69) is 10.4 Å². The molecular formula is C15H16N4O4. The molecule has 2 unspecified atom stereocenters. The average molecular weight is 316 g/mol. The maximum atomic E-state index is 12.3. The molecule has 0 bridgehead atoms. The Hall–Kier alpha value is -2.90. The first-order valence-corrected chi connectivity index (χ1v) is 7.21. The minimum Gasteiger partial charge on any atom is -0.508 e. The molecule has 2 aromatic rings. The van der Waals surface area contributed by atoms with E-state index in [1.807, 2.05) is 13.8 Å². The van der Waals surface area contributed by atoms with E-state index in [1.54, 1.807) is 23.0 Å². The number of aromatic nitrogens is 2. The van der Waals surface area contributed by atoms with Crippen molar-refractivity contribution < 1.29 is 14.8 Å². The van der Waals surface area contributed by atoms with Crippen LogP contribution in [0.2, 0.25) is 0 Å². The number of nitro groups is 1. The largest absolute Gasteiger partial charge is 0.508 e. The van der Waals surface area contributed by atoms with E-state index in [0.717, 1.165) is 0 Å². The number of rotatable bonds is 3. The Morgan fingerprint density at radius 1 is 1.43 bits per heavy atom. The van der Waals surface area contributed by atoms with Gasteiger partial charge in [-0.2, -0.15) is 5.10 Å². The smallest absolute Gasteiger partial charge is 0.301 e. The van der Waals surface area contributed by atoms with Gasteiger partial charge in [-0.3, -0.25) is 14.9 Å². The summed E-state index contributed by atoms with van der Waals surface area (Å²) in [6, 6.07) is 4.71. The van der Waals surface area contributed by atoms with Crippen molar-refractivity contribution in [1.29, 1.82) is 0 Å². The molecule has 0 radical (unpaired) electrons. The molecule has 0 spiro atoms. The number of fused-ring (bicyclic) bond motifs is 1. The van der Waals surface area contributed by atoms with Crippen LogP contribution in [-0.4, -0.2) is 31.8 Å². The Bertz CT molecular complexity index is 784. The highest BCUT2D eigenvalue weighted by Gasteiger charge is 2.47. The molecule has 2 heterocycles. The molecule has 2 N–H and O–H groups in total. The van der Waals surface area contributed by atoms with Gasteiger partial charge in [-0.1, -0.05) is 12.1 Å². The first-order chi connectivity index (χ1) is 10.9. The third-order valence-electron chi connectivity index (χ3n) is 3.93. The lowest BCUT2D eigenvalue weighted by Crippen LogP contribution is -2.44. The Balaban J connectivity index is 2.20. The number of phenolic OH excluding ortho intramolecular Hbond substituents is 1. The number of phenols is 1. The van der Waals surface area contributed by atoms with Crippen LogP contribution in [0, 0.1) is 10.1 Å². The molecule has 1 aliphatic heterocycles. The maximum Gasteiger partial charge on any atom is 0.301 e. The fourth-order valence-corrected chi connectivity index (χ4v) is 2.93. The fraction of sp³-hybridized carbons (Fsp3) is 0.333. The Kier molecular flexibility index (Phi) is 3.51. The van der Waals surface area contributed by atoms with E-state index in [1.165, 1.54) is 12.1 Å². The zero-order chi connectivity index (χ0) is 16.7. The summed E-state index contributed by atoms with van der Waals surface area (Å²) in [7, 11) is 0. The van der Waals surface area contributed by atoms with Crippen molar-refractivity contribution in [2.24, 2.45) is 0 Å². The van der Waals surface area contributed by atoms with Crippen LogP contribution < -0.4 is 5.32 Å². The van der Waals surface area contributed by atoms with Gasteiger partial charge in [0.05, 0.1) is 12.1 Å². The summed E-state index contributed by atoms with van der Waals surface area (Å²) in [6.45, 7) is 3.81. The number of nitrogens with one attached hydrogen (secondary N) is 1. The topological polar surface area (TPSA) is 110 Å². The van der Waals surface area contributed by atoms with Gasteiger partial charge in [0.25, 0.3) is 0 Å². The summed E-state index contributed by atoms with van der Waals surface area (Å²) in [4.78, 5) is 23.1. The Morgan fingerprint density at radius 3 is 2.78 bits per heavy atom. The second kappa shape index (κ2) is 5.38. The molecule has 0 saturated carbocycles. The molecule has 8 heteroatoms. The Morgan fingerprint density at radius 2 is 2.17 bits per heavy atom. The quantitative estimate of drug-likeness (QED) is 0.663. The number of aromatic hydroxyl groups is 1. The van der Waals surface area contributed by atoms with Crippen molar-refractivity contribution in [3.8, 4) is 5.75 Å². The normalized spacial score (nSPS) is 20.2. The van der Waals surface area contributed by atoms with Gasteiger partial charge in [-0.25, -0.2) is 4.68 Å². The SMILES string of the molecule is CC(C)n1ncc2c1NC(=O)C([N+](=O)[O-])C2c1cccc(O)c1. The van der Waals surface area contributed by atoms with Gasteiger partial charge in [-0.15, -0.1) is 0 Å². The summed E-state index contributed by atoms with van der Waals surface area (Å²) in [5.41, 5.74) is 1.08. The number of hydrogen-bond acceptors (Lipinski definition) is 5. The van der Waals surface area contributed by atoms with Gasteiger partial charge in [0.15, 0.2) is 0 Å². The van der Waals surface area contributed by atoms with Crippen molar-refractivity contribution in [2.45, 2.75) is 31.8 Å². The van der Waals surface area contributed by atoms with Crippen LogP contribution in [0.15, 0.2) is 30.5 Å². The van der Waals surface area contributed by atoms with Gasteiger partial charge >= 0.3 is 11.9 Å². The van der Waals surface area contributed by atoms with E-state index in [9.17, 15) is 20.0 Å². The van der Waals surface area contributed by atoms with Crippen LogP contribution in [0.25, 0.3) is 0 Å². The predicted octanol–water partition coefficient (Wildman–Crippen LogP) is 1.90. The monoisotopic (exact) mass is 316 g/mol. The highest BCUT2D eigenvalue weighted by Crippen LogP contribution is 2.39. The molecule has 1 aromatic heterocycles. The molecule has 23 heavy (non-hydrogen) atoms. The molecule has 2 atom stereocenters. The number of benzene rings is 1. The molecule has 1 aliphatic rings. The Labute approximate surface area is 131 Å². The van der Waals surface area contributed by atoms with Gasteiger partial charge in [0.1, 0.15) is 11.6 Å². The number of amides is 1. The lowest BCUT2D eigenvalue weighted by atomic mass is 9.83. The summed E-state index contributed by atoms with van der Waals surface area (Å²) < 4.78 is 1.62. The third kappa shape index (κ3) is 2.41. The molecular weight excluding hydrogens is 300 g/mol. The van der Waals surface area contributed by atoms with E-state index in [4.69, 9.17) is 0 Å². The number of carbonyl (C=O) groups excluding carboxylic acids is 1. The maximum absolute atomic E-state index is 12.3. The third-order valence-corrected chi connectivity index (χ3v) is 3.93. The first-order valence-electron chi connectivity index (χ1n) is 7.21. The van der Waals surface area contributed by atoms with Gasteiger partial charge in [0, 0.05) is 16.5 Å². The number of hydrogen-bond donors (Lipinski definition) is 2. The second-order valence-corrected chi connectivity index (χ2v) is 5.78. The minimum atomic E-state index is -1.46. The van der Waals surface area contributed by atoms with Crippen LogP contribution in [-0.2, 0) is 4.79 Å². The van der Waals surface area contributed by atoms with Crippen molar-refractivity contribution in [1.82, 2.24) is 9.78 Å². The average Bonchev–Trinajstić information content (AvgIpc) is 2.88. The number of anilines is 1. The standard InChI is InChI=1S/C15H16N4O4/c1-8(2)18-14-11(7-16-18)12(9-4-3-5-10(20)6-9)13(19(22)23)15(21)17-14/h3-8,12-13,20H,1-2H3,(H,17,21). The van der Waals surface area contributed by atoms with Crippen molar-refractivity contribution in [3.05, 3.63) is 51.7 Å². The van der Waals surface area contributed by atoms with E-state index >= 15 is 0 Å². The van der Waals surface area contributed by atoms with Crippen LogP contribution in [0.5, 0.6) is 5.75 Å². The molecule has 0 fully saturated rings. The number of carbonyl (C=O) groups is 1. The predicted molar refractivity (Wildman–Crippen MR) is 82.0 cm³/mol. The van der Waals surface area contributed by atoms with Gasteiger partial charge in [-0.05, 0) is 31.5 Å². The van der Waals surface area contributed by atoms with Gasteiger partial charge < -0.3 is 10.4 Å². The van der Waals surface area contributed by atoms with E-state index < -0.39 is 22.8 Å².